The summed E-state index contributed by atoms with van der Waals surface area (Å²) in [6.45, 7) is 0.887. The molecule has 1 aromatic heterocycles. The molecule has 1 aromatic rings. The Bertz CT molecular complexity index is 403. The van der Waals surface area contributed by atoms with Crippen LogP contribution in [-0.2, 0) is 16.9 Å². The molecule has 1 fully saturated rings. The molecule has 0 unspecified atom stereocenters. The average molecular weight is 223 g/mol. The van der Waals surface area contributed by atoms with Crippen LogP contribution in [0.5, 0.6) is 0 Å². The van der Waals surface area contributed by atoms with Gasteiger partial charge in [0.15, 0.2) is 0 Å². The van der Waals surface area contributed by atoms with Crippen LogP contribution in [0.3, 0.4) is 0 Å². The van der Waals surface area contributed by atoms with E-state index in [1.54, 1.807) is 17.4 Å². The highest BCUT2D eigenvalue weighted by atomic mass is 32.1. The number of nitrogens with zero attached hydrogens (tertiary/aromatic N) is 3. The third-order valence-corrected chi connectivity index (χ3v) is 3.58. The number of thiazole rings is 1. The summed E-state index contributed by atoms with van der Waals surface area (Å²) < 4.78 is 0. The first kappa shape index (κ1) is 10.5. The van der Waals surface area contributed by atoms with Gasteiger partial charge in [0.1, 0.15) is 10.5 Å². The van der Waals surface area contributed by atoms with Gasteiger partial charge < -0.3 is 4.90 Å². The maximum Gasteiger partial charge on any atom is 0.235 e. The van der Waals surface area contributed by atoms with Crippen LogP contribution in [0, 0.1) is 0 Å². The first-order valence-electron chi connectivity index (χ1n) is 4.85. The van der Waals surface area contributed by atoms with Gasteiger partial charge >= 0.3 is 0 Å². The first-order valence-corrected chi connectivity index (χ1v) is 5.67. The van der Waals surface area contributed by atoms with Gasteiger partial charge in [0.2, 0.25) is 6.08 Å². The minimum absolute atomic E-state index is 0.309. The summed E-state index contributed by atoms with van der Waals surface area (Å²) in [5, 5.41) is 0.961. The monoisotopic (exact) mass is 223 g/mol. The van der Waals surface area contributed by atoms with Crippen molar-refractivity contribution in [2.75, 3.05) is 14.1 Å². The van der Waals surface area contributed by atoms with Gasteiger partial charge in [-0.1, -0.05) is 0 Å². The van der Waals surface area contributed by atoms with Crippen molar-refractivity contribution in [3.8, 4) is 0 Å². The fourth-order valence-electron chi connectivity index (χ4n) is 1.49. The predicted molar refractivity (Wildman–Crippen MR) is 58.5 cm³/mol. The molecule has 0 N–H and O–H groups in total. The molecule has 0 aromatic carbocycles. The van der Waals surface area contributed by atoms with Gasteiger partial charge in [0, 0.05) is 17.6 Å². The summed E-state index contributed by atoms with van der Waals surface area (Å²) in [5.74, 6) is 0. The highest BCUT2D eigenvalue weighted by molar-refractivity contribution is 7.11. The van der Waals surface area contributed by atoms with E-state index in [0.29, 0.717) is 0 Å². The molecule has 0 atom stereocenters. The Morgan fingerprint density at radius 2 is 2.40 bits per heavy atom. The lowest BCUT2D eigenvalue weighted by molar-refractivity contribution is 0.406. The molecule has 1 aliphatic carbocycles. The van der Waals surface area contributed by atoms with E-state index in [2.05, 4.69) is 14.9 Å². The topological polar surface area (TPSA) is 45.6 Å². The van der Waals surface area contributed by atoms with Crippen LogP contribution in [0.25, 0.3) is 0 Å². The molecule has 0 amide bonds. The highest BCUT2D eigenvalue weighted by Crippen LogP contribution is 2.50. The highest BCUT2D eigenvalue weighted by Gasteiger charge is 2.47. The summed E-state index contributed by atoms with van der Waals surface area (Å²) in [7, 11) is 4.05. The van der Waals surface area contributed by atoms with Crippen molar-refractivity contribution in [3.05, 3.63) is 16.1 Å². The lowest BCUT2D eigenvalue weighted by atomic mass is 10.3. The first-order chi connectivity index (χ1) is 7.16. The Balaban J connectivity index is 2.17. The van der Waals surface area contributed by atoms with Crippen LogP contribution >= 0.6 is 11.3 Å². The standard InChI is InChI=1S/C10H13N3OS/c1-13(2)6-8-5-11-9(15-8)10(3-4-10)12-7-14/h5H,3-4,6H2,1-2H3. The van der Waals surface area contributed by atoms with Crippen molar-refractivity contribution >= 4 is 17.4 Å². The molecule has 1 saturated carbocycles. The number of hydrogen-bond donors (Lipinski definition) is 0. The van der Waals surface area contributed by atoms with Gasteiger partial charge in [-0.25, -0.2) is 9.78 Å². The van der Waals surface area contributed by atoms with Crippen LogP contribution in [0.2, 0.25) is 0 Å². The summed E-state index contributed by atoms with van der Waals surface area (Å²) in [4.78, 5) is 21.8. The molecule has 0 bridgehead atoms. The molecule has 1 heterocycles. The van der Waals surface area contributed by atoms with Gasteiger partial charge in [0.05, 0.1) is 0 Å². The second-order valence-electron chi connectivity index (χ2n) is 4.10. The van der Waals surface area contributed by atoms with Gasteiger partial charge in [-0.05, 0) is 26.9 Å². The van der Waals surface area contributed by atoms with E-state index >= 15 is 0 Å². The van der Waals surface area contributed by atoms with Crippen LogP contribution in [-0.4, -0.2) is 30.1 Å². The zero-order valence-corrected chi connectivity index (χ0v) is 9.67. The molecular formula is C10H13N3OS. The van der Waals surface area contributed by atoms with E-state index in [-0.39, 0.29) is 5.54 Å². The molecule has 0 saturated heterocycles. The largest absolute Gasteiger partial charge is 0.304 e. The molecule has 0 radical (unpaired) electrons. The molecule has 0 spiro atoms. The van der Waals surface area contributed by atoms with E-state index in [4.69, 9.17) is 0 Å². The van der Waals surface area contributed by atoms with Gasteiger partial charge in [0.25, 0.3) is 0 Å². The van der Waals surface area contributed by atoms with E-state index in [0.717, 1.165) is 24.4 Å². The van der Waals surface area contributed by atoms with Crippen molar-refractivity contribution < 1.29 is 4.79 Å². The zero-order chi connectivity index (χ0) is 10.9. The fourth-order valence-corrected chi connectivity index (χ4v) is 2.71. The SMILES string of the molecule is CN(C)Cc1cnc(C2(N=C=O)CC2)s1. The number of aliphatic imine (C=N–C) groups is 1. The number of hydrogen-bond acceptors (Lipinski definition) is 5. The smallest absolute Gasteiger partial charge is 0.235 e. The number of rotatable bonds is 4. The average Bonchev–Trinajstić information content (AvgIpc) is 2.79. The van der Waals surface area contributed by atoms with E-state index in [9.17, 15) is 4.79 Å². The van der Waals surface area contributed by atoms with Gasteiger partial charge in [-0.3, -0.25) is 0 Å². The molecule has 5 heteroatoms. The second kappa shape index (κ2) is 3.85. The minimum atomic E-state index is -0.309. The Morgan fingerprint density at radius 1 is 1.67 bits per heavy atom. The number of carbonyl (C=O) groups excluding carboxylic acids is 1. The van der Waals surface area contributed by atoms with Crippen molar-refractivity contribution in [1.82, 2.24) is 9.88 Å². The summed E-state index contributed by atoms with van der Waals surface area (Å²) >= 11 is 1.65. The van der Waals surface area contributed by atoms with Crippen LogP contribution in [0.15, 0.2) is 11.2 Å². The molecule has 80 valence electrons. The summed E-state index contributed by atoms with van der Waals surface area (Å²) in [5.41, 5.74) is -0.309. The molecule has 0 aliphatic heterocycles. The van der Waals surface area contributed by atoms with Crippen molar-refractivity contribution in [3.63, 3.8) is 0 Å². The predicted octanol–water partition coefficient (Wildman–Crippen LogP) is 1.53. The molecule has 1 aliphatic rings. The van der Waals surface area contributed by atoms with E-state index < -0.39 is 0 Å². The maximum absolute atomic E-state index is 10.3. The Morgan fingerprint density at radius 3 is 2.93 bits per heavy atom. The van der Waals surface area contributed by atoms with Gasteiger partial charge in [-0.2, -0.15) is 4.99 Å². The lowest BCUT2D eigenvalue weighted by Gasteiger charge is -2.05. The van der Waals surface area contributed by atoms with Crippen molar-refractivity contribution in [2.45, 2.75) is 24.9 Å². The Hall–Kier alpha value is -1.03. The van der Waals surface area contributed by atoms with Crippen molar-refractivity contribution in [2.24, 2.45) is 4.99 Å². The lowest BCUT2D eigenvalue weighted by Crippen LogP contribution is -2.09. The number of aromatic nitrogens is 1. The third kappa shape index (κ3) is 2.15. The second-order valence-corrected chi connectivity index (χ2v) is 5.22. The van der Waals surface area contributed by atoms with Gasteiger partial charge in [-0.15, -0.1) is 11.3 Å². The molecule has 15 heavy (non-hydrogen) atoms. The third-order valence-electron chi connectivity index (χ3n) is 2.41. The van der Waals surface area contributed by atoms with Crippen LogP contribution in [0.1, 0.15) is 22.7 Å². The van der Waals surface area contributed by atoms with Crippen molar-refractivity contribution in [1.29, 1.82) is 0 Å². The van der Waals surface area contributed by atoms with Crippen LogP contribution < -0.4 is 0 Å². The van der Waals surface area contributed by atoms with Crippen LogP contribution in [0.4, 0.5) is 0 Å². The fraction of sp³-hybridized carbons (Fsp3) is 0.600. The van der Waals surface area contributed by atoms with E-state index in [1.165, 1.54) is 4.88 Å². The number of isocyanates is 1. The normalized spacial score (nSPS) is 17.5. The summed E-state index contributed by atoms with van der Waals surface area (Å²) in [6, 6.07) is 0. The quantitative estimate of drug-likeness (QED) is 0.574. The maximum atomic E-state index is 10.3. The Labute approximate surface area is 92.7 Å². The summed E-state index contributed by atoms with van der Waals surface area (Å²) in [6.07, 6.45) is 5.38. The molecule has 4 nitrogen and oxygen atoms in total. The minimum Gasteiger partial charge on any atom is -0.304 e. The molecule has 2 rings (SSSR count). The molecular weight excluding hydrogens is 210 g/mol. The van der Waals surface area contributed by atoms with E-state index in [1.807, 2.05) is 20.3 Å². The zero-order valence-electron chi connectivity index (χ0n) is 8.86. The Kier molecular flexibility index (Phi) is 2.69.